The lowest BCUT2D eigenvalue weighted by molar-refractivity contribution is -0.870. The maximum absolute atomic E-state index is 12.8. The van der Waals surface area contributed by atoms with Crippen LogP contribution in [-0.4, -0.2) is 87.4 Å². The van der Waals surface area contributed by atoms with Crippen molar-refractivity contribution in [2.24, 2.45) is 0 Å². The summed E-state index contributed by atoms with van der Waals surface area (Å²) >= 11 is 0. The van der Waals surface area contributed by atoms with Gasteiger partial charge in [-0.2, -0.15) is 0 Å². The number of nitrogens with zero attached hydrogens (tertiary/aromatic N) is 1. The van der Waals surface area contributed by atoms with Crippen LogP contribution in [-0.2, 0) is 33.3 Å². The maximum Gasteiger partial charge on any atom is 0.361 e. The van der Waals surface area contributed by atoms with Crippen LogP contribution >= 0.6 is 0 Å². The van der Waals surface area contributed by atoms with Crippen LogP contribution in [0, 0.1) is 0 Å². The van der Waals surface area contributed by atoms with Crippen LogP contribution in [0.1, 0.15) is 271 Å². The average molecular weight is 923 g/mol. The number of unbranched alkanes of at least 4 members (excludes halogenated alkanes) is 35. The summed E-state index contributed by atoms with van der Waals surface area (Å²) in [5.41, 5.74) is 0. The molecule has 65 heavy (non-hydrogen) atoms. The van der Waals surface area contributed by atoms with E-state index in [1.54, 1.807) is 0 Å². The van der Waals surface area contributed by atoms with Gasteiger partial charge in [-0.05, 0) is 38.5 Å². The van der Waals surface area contributed by atoms with E-state index >= 15 is 0 Å². The molecule has 0 bridgehead atoms. The summed E-state index contributed by atoms with van der Waals surface area (Å²) in [7, 11) is 5.97. The van der Waals surface area contributed by atoms with Gasteiger partial charge in [-0.25, -0.2) is 4.79 Å². The van der Waals surface area contributed by atoms with Gasteiger partial charge in [-0.1, -0.05) is 231 Å². The molecular weight excluding hydrogens is 815 g/mol. The molecule has 2 unspecified atom stereocenters. The lowest BCUT2D eigenvalue weighted by Crippen LogP contribution is -2.40. The van der Waals surface area contributed by atoms with Gasteiger partial charge in [0, 0.05) is 12.8 Å². The topological polar surface area (TPSA) is 108 Å². The first kappa shape index (κ1) is 63.0. The van der Waals surface area contributed by atoms with Crippen molar-refractivity contribution in [3.8, 4) is 0 Å². The number of carboxylic acid groups (broad SMARTS) is 1. The zero-order valence-corrected chi connectivity index (χ0v) is 43.7. The van der Waals surface area contributed by atoms with E-state index in [9.17, 15) is 19.5 Å². The van der Waals surface area contributed by atoms with E-state index in [0.29, 0.717) is 17.4 Å². The van der Waals surface area contributed by atoms with Gasteiger partial charge in [-0.3, -0.25) is 9.59 Å². The Morgan fingerprint density at radius 1 is 0.446 bits per heavy atom. The Hall–Kier alpha value is -1.97. The Morgan fingerprint density at radius 2 is 0.785 bits per heavy atom. The lowest BCUT2D eigenvalue weighted by Gasteiger charge is -2.25. The van der Waals surface area contributed by atoms with Crippen molar-refractivity contribution in [2.75, 3.05) is 47.5 Å². The third kappa shape index (κ3) is 49.8. The normalized spacial score (nSPS) is 12.8. The fraction of sp³-hybridized carbons (Fsp3) is 0.911. The van der Waals surface area contributed by atoms with Crippen LogP contribution in [0.3, 0.4) is 0 Å². The zero-order chi connectivity index (χ0) is 47.7. The predicted octanol–water partition coefficient (Wildman–Crippen LogP) is 15.8. The number of ether oxygens (including phenoxy) is 4. The molecule has 9 heteroatoms. The van der Waals surface area contributed by atoms with Crippen LogP contribution in [0.25, 0.3) is 0 Å². The van der Waals surface area contributed by atoms with Crippen molar-refractivity contribution in [3.63, 3.8) is 0 Å². The molecule has 0 rings (SSSR count). The van der Waals surface area contributed by atoms with Crippen LogP contribution in [0.15, 0.2) is 12.2 Å². The highest BCUT2D eigenvalue weighted by Gasteiger charge is 2.25. The van der Waals surface area contributed by atoms with Crippen LogP contribution < -0.4 is 0 Å². The smallest absolute Gasteiger partial charge is 0.361 e. The first-order chi connectivity index (χ1) is 31.6. The molecule has 0 fully saturated rings. The summed E-state index contributed by atoms with van der Waals surface area (Å²) in [6.45, 7) is 4.92. The van der Waals surface area contributed by atoms with E-state index < -0.39 is 24.3 Å². The van der Waals surface area contributed by atoms with Crippen molar-refractivity contribution < 1.29 is 42.9 Å². The molecule has 0 aromatic heterocycles. The van der Waals surface area contributed by atoms with Gasteiger partial charge in [-0.15, -0.1) is 0 Å². The van der Waals surface area contributed by atoms with Gasteiger partial charge in [0.2, 0.25) is 0 Å². The number of rotatable bonds is 52. The third-order valence-electron chi connectivity index (χ3n) is 12.5. The number of likely N-dealkylation sites (N-methyl/N-ethyl adjacent to an activating group) is 1. The molecule has 384 valence electrons. The van der Waals surface area contributed by atoms with Crippen molar-refractivity contribution in [2.45, 2.75) is 283 Å². The Labute approximate surface area is 402 Å². The lowest BCUT2D eigenvalue weighted by atomic mass is 10.0. The van der Waals surface area contributed by atoms with Gasteiger partial charge in [0.1, 0.15) is 13.2 Å². The van der Waals surface area contributed by atoms with Crippen molar-refractivity contribution in [1.29, 1.82) is 0 Å². The Kier molecular flexibility index (Phi) is 47.0. The van der Waals surface area contributed by atoms with Crippen molar-refractivity contribution in [1.82, 2.24) is 0 Å². The molecule has 0 aromatic carbocycles. The molecule has 9 nitrogen and oxygen atoms in total. The fourth-order valence-electron chi connectivity index (χ4n) is 8.19. The van der Waals surface area contributed by atoms with E-state index in [0.717, 1.165) is 51.4 Å². The summed E-state index contributed by atoms with van der Waals surface area (Å²) in [6, 6.07) is 0. The molecule has 0 spiro atoms. The number of quaternary nitrogens is 1. The van der Waals surface area contributed by atoms with Crippen LogP contribution in [0.5, 0.6) is 0 Å². The largest absolute Gasteiger partial charge is 0.477 e. The number of carbonyl (C=O) groups is 3. The van der Waals surface area contributed by atoms with E-state index in [2.05, 4.69) is 26.0 Å². The summed E-state index contributed by atoms with van der Waals surface area (Å²) in [6.07, 6.45) is 51.4. The SMILES string of the molecule is CCCCCCCC/C=C\CCCCCCCCCC(=O)OC(COC(=O)CCCCCCCCCCCCCCCCCCCCCCCCC)COC(OCC[N+](C)(C)C)C(=O)O. The molecule has 0 saturated heterocycles. The highest BCUT2D eigenvalue weighted by Crippen LogP contribution is 2.17. The number of esters is 2. The molecule has 1 N–H and O–H groups in total. The van der Waals surface area contributed by atoms with E-state index in [4.69, 9.17) is 18.9 Å². The van der Waals surface area contributed by atoms with Gasteiger partial charge in [0.15, 0.2) is 6.10 Å². The molecule has 0 heterocycles. The number of carbonyl (C=O) groups excluding carboxylic acids is 2. The molecule has 0 radical (unpaired) electrons. The molecule has 0 aromatic rings. The highest BCUT2D eigenvalue weighted by atomic mass is 16.7. The van der Waals surface area contributed by atoms with E-state index in [1.807, 2.05) is 21.1 Å². The number of hydrogen-bond acceptors (Lipinski definition) is 7. The molecule has 0 aliphatic carbocycles. The Morgan fingerprint density at radius 3 is 1.14 bits per heavy atom. The van der Waals surface area contributed by atoms with Gasteiger partial charge in [0.25, 0.3) is 6.29 Å². The molecule has 2 atom stereocenters. The average Bonchev–Trinajstić information content (AvgIpc) is 3.27. The van der Waals surface area contributed by atoms with Gasteiger partial charge in [0.05, 0.1) is 34.4 Å². The van der Waals surface area contributed by atoms with Gasteiger partial charge < -0.3 is 28.5 Å². The summed E-state index contributed by atoms with van der Waals surface area (Å²) in [5, 5.41) is 9.68. The summed E-state index contributed by atoms with van der Waals surface area (Å²) in [4.78, 5) is 37.3. The molecular formula is C56H108NO8+. The second kappa shape index (κ2) is 48.5. The number of allylic oxidation sites excluding steroid dienone is 2. The van der Waals surface area contributed by atoms with Gasteiger partial charge >= 0.3 is 17.9 Å². The first-order valence-corrected chi connectivity index (χ1v) is 27.9. The number of aliphatic carboxylic acids is 1. The Bertz CT molecular complexity index is 1070. The predicted molar refractivity (Wildman–Crippen MR) is 272 cm³/mol. The van der Waals surface area contributed by atoms with E-state index in [1.165, 1.54) is 193 Å². The quantitative estimate of drug-likeness (QED) is 0.0211. The number of carboxylic acids is 1. The maximum atomic E-state index is 12.8. The first-order valence-electron chi connectivity index (χ1n) is 27.9. The van der Waals surface area contributed by atoms with Crippen LogP contribution in [0.4, 0.5) is 0 Å². The molecule has 0 amide bonds. The monoisotopic (exact) mass is 923 g/mol. The second-order valence-corrected chi connectivity index (χ2v) is 20.3. The molecule has 0 aliphatic heterocycles. The third-order valence-corrected chi connectivity index (χ3v) is 12.5. The van der Waals surface area contributed by atoms with Crippen LogP contribution in [0.2, 0.25) is 0 Å². The molecule has 0 saturated carbocycles. The highest BCUT2D eigenvalue weighted by molar-refractivity contribution is 5.71. The standard InChI is InChI=1S/C56H107NO8/c1-6-8-10-12-14-16-18-20-22-24-25-26-27-28-29-31-32-34-36-38-40-42-44-46-53(58)63-50-52(51-64-56(55(60)61)62-49-48-57(3,4)5)65-54(59)47-45-43-41-39-37-35-33-30-23-21-19-17-15-13-11-9-7-2/h21,23,52,56H,6-20,22,24-51H2,1-5H3/p+1/b23-21-. The minimum Gasteiger partial charge on any atom is -0.477 e. The number of hydrogen-bond donors (Lipinski definition) is 1. The Balaban J connectivity index is 4.22. The molecule has 0 aliphatic rings. The minimum absolute atomic E-state index is 0.177. The van der Waals surface area contributed by atoms with Crippen molar-refractivity contribution >= 4 is 17.9 Å². The van der Waals surface area contributed by atoms with Crippen molar-refractivity contribution in [3.05, 3.63) is 12.2 Å². The fourth-order valence-corrected chi connectivity index (χ4v) is 8.19. The summed E-state index contributed by atoms with van der Waals surface area (Å²) < 4.78 is 22.9. The second-order valence-electron chi connectivity index (χ2n) is 20.3. The summed E-state index contributed by atoms with van der Waals surface area (Å²) in [5.74, 6) is -1.99. The zero-order valence-electron chi connectivity index (χ0n) is 43.7. The minimum atomic E-state index is -1.51. The van der Waals surface area contributed by atoms with E-state index in [-0.39, 0.29) is 32.2 Å².